The van der Waals surface area contributed by atoms with E-state index >= 15 is 0 Å². The molecule has 0 unspecified atom stereocenters. The first-order valence-corrected chi connectivity index (χ1v) is 12.8. The molecule has 0 atom stereocenters. The van der Waals surface area contributed by atoms with E-state index in [9.17, 15) is 4.79 Å². The second-order valence-corrected chi connectivity index (χ2v) is 10.2. The highest BCUT2D eigenvalue weighted by Gasteiger charge is 2.22. The van der Waals surface area contributed by atoms with Crippen molar-refractivity contribution in [3.8, 4) is 5.69 Å². The summed E-state index contributed by atoms with van der Waals surface area (Å²) in [5.74, 6) is 1.01. The highest BCUT2D eigenvalue weighted by atomic mass is 32.2. The van der Waals surface area contributed by atoms with Crippen molar-refractivity contribution in [3.63, 3.8) is 0 Å². The number of unbranched alkanes of at least 4 members (excludes halogenated alkanes) is 4. The van der Waals surface area contributed by atoms with Crippen molar-refractivity contribution in [1.82, 2.24) is 9.55 Å². The van der Waals surface area contributed by atoms with Crippen molar-refractivity contribution in [2.24, 2.45) is 0 Å². The van der Waals surface area contributed by atoms with Crippen LogP contribution in [0, 0.1) is 6.92 Å². The van der Waals surface area contributed by atoms with Crippen molar-refractivity contribution < 1.29 is 0 Å². The first-order chi connectivity index (χ1) is 14.2. The molecule has 2 heterocycles. The summed E-state index contributed by atoms with van der Waals surface area (Å²) in [4.78, 5) is 21.0. The first kappa shape index (κ1) is 20.7. The maximum absolute atomic E-state index is 13.7. The summed E-state index contributed by atoms with van der Waals surface area (Å²) >= 11 is 3.48. The van der Waals surface area contributed by atoms with Crippen LogP contribution in [0.2, 0.25) is 0 Å². The summed E-state index contributed by atoms with van der Waals surface area (Å²) in [6.45, 7) is 4.32. The van der Waals surface area contributed by atoms with E-state index in [2.05, 4.69) is 26.0 Å². The van der Waals surface area contributed by atoms with Gasteiger partial charge in [0, 0.05) is 10.6 Å². The standard InChI is InChI=1S/C24H30N2OS2/c1-3-4-5-6-9-16-28-24-25-22-21(19-10-7-8-11-20(19)29-22)23(27)26(24)18-14-12-17(2)13-15-18/h12-15H,3-11,16H2,1-2H3. The number of thioether (sulfide) groups is 1. The van der Waals surface area contributed by atoms with E-state index < -0.39 is 0 Å². The van der Waals surface area contributed by atoms with Gasteiger partial charge >= 0.3 is 0 Å². The first-order valence-electron chi connectivity index (χ1n) is 11.0. The zero-order valence-electron chi connectivity index (χ0n) is 17.5. The number of thiophene rings is 1. The SMILES string of the molecule is CCCCCCCSc1nc2sc3c(c2c(=O)n1-c1ccc(C)cc1)CCCC3. The van der Waals surface area contributed by atoms with Crippen molar-refractivity contribution in [2.75, 3.05) is 5.75 Å². The van der Waals surface area contributed by atoms with Crippen LogP contribution in [0.25, 0.3) is 15.9 Å². The van der Waals surface area contributed by atoms with E-state index in [4.69, 9.17) is 4.98 Å². The van der Waals surface area contributed by atoms with Crippen LogP contribution in [0.15, 0.2) is 34.2 Å². The van der Waals surface area contributed by atoms with Gasteiger partial charge in [-0.2, -0.15) is 0 Å². The second kappa shape index (κ2) is 9.48. The summed E-state index contributed by atoms with van der Waals surface area (Å²) < 4.78 is 1.86. The molecular weight excluding hydrogens is 396 g/mol. The third-order valence-electron chi connectivity index (χ3n) is 5.73. The van der Waals surface area contributed by atoms with Crippen LogP contribution in [0.1, 0.15) is 67.9 Å². The van der Waals surface area contributed by atoms with Crippen molar-refractivity contribution in [2.45, 2.75) is 76.8 Å². The van der Waals surface area contributed by atoms with E-state index in [1.165, 1.54) is 60.9 Å². The number of hydrogen-bond donors (Lipinski definition) is 0. The lowest BCUT2D eigenvalue weighted by atomic mass is 9.97. The van der Waals surface area contributed by atoms with Crippen LogP contribution in [0.4, 0.5) is 0 Å². The maximum atomic E-state index is 13.7. The topological polar surface area (TPSA) is 34.9 Å². The molecule has 0 radical (unpaired) electrons. The fourth-order valence-electron chi connectivity index (χ4n) is 4.07. The van der Waals surface area contributed by atoms with Crippen LogP contribution >= 0.6 is 23.1 Å². The Bertz CT molecular complexity index is 1030. The largest absolute Gasteiger partial charge is 0.268 e. The van der Waals surface area contributed by atoms with Crippen LogP contribution in [0.5, 0.6) is 0 Å². The van der Waals surface area contributed by atoms with Crippen molar-refractivity contribution in [3.05, 3.63) is 50.6 Å². The minimum atomic E-state index is 0.117. The third kappa shape index (κ3) is 4.46. The highest BCUT2D eigenvalue weighted by Crippen LogP contribution is 2.35. The molecule has 4 rings (SSSR count). The Morgan fingerprint density at radius 2 is 1.83 bits per heavy atom. The minimum absolute atomic E-state index is 0.117. The predicted molar refractivity (Wildman–Crippen MR) is 126 cm³/mol. The predicted octanol–water partition coefficient (Wildman–Crippen LogP) is 6.70. The lowest BCUT2D eigenvalue weighted by Crippen LogP contribution is -2.22. The van der Waals surface area contributed by atoms with Gasteiger partial charge in [-0.05, 0) is 56.7 Å². The Morgan fingerprint density at radius 3 is 2.62 bits per heavy atom. The molecule has 0 saturated carbocycles. The summed E-state index contributed by atoms with van der Waals surface area (Å²) in [6.07, 6.45) is 10.8. The summed E-state index contributed by atoms with van der Waals surface area (Å²) in [5, 5.41) is 1.72. The smallest absolute Gasteiger partial charge is 0.267 e. The average Bonchev–Trinajstić information content (AvgIpc) is 3.10. The van der Waals surface area contributed by atoms with Gasteiger partial charge in [0.2, 0.25) is 0 Å². The van der Waals surface area contributed by atoms with Gasteiger partial charge in [-0.1, -0.05) is 62.1 Å². The van der Waals surface area contributed by atoms with Gasteiger partial charge in [0.05, 0.1) is 11.1 Å². The molecule has 1 aromatic carbocycles. The van der Waals surface area contributed by atoms with E-state index in [0.29, 0.717) is 0 Å². The molecular formula is C24H30N2OS2. The quantitative estimate of drug-likeness (QED) is 0.228. The lowest BCUT2D eigenvalue weighted by Gasteiger charge is -2.14. The molecule has 29 heavy (non-hydrogen) atoms. The molecule has 154 valence electrons. The van der Waals surface area contributed by atoms with Crippen molar-refractivity contribution in [1.29, 1.82) is 0 Å². The van der Waals surface area contributed by atoms with Gasteiger partial charge in [-0.25, -0.2) is 4.98 Å². The molecule has 2 aromatic heterocycles. The number of nitrogens with zero attached hydrogens (tertiary/aromatic N) is 2. The molecule has 0 saturated heterocycles. The fraction of sp³-hybridized carbons (Fsp3) is 0.500. The van der Waals surface area contributed by atoms with E-state index in [1.54, 1.807) is 23.1 Å². The highest BCUT2D eigenvalue weighted by molar-refractivity contribution is 7.99. The van der Waals surface area contributed by atoms with Crippen molar-refractivity contribution >= 4 is 33.3 Å². The van der Waals surface area contributed by atoms with Gasteiger partial charge in [0.15, 0.2) is 5.16 Å². The minimum Gasteiger partial charge on any atom is -0.268 e. The van der Waals surface area contributed by atoms with Gasteiger partial charge in [-0.3, -0.25) is 9.36 Å². The number of aromatic nitrogens is 2. The van der Waals surface area contributed by atoms with Gasteiger partial charge in [0.25, 0.3) is 5.56 Å². The maximum Gasteiger partial charge on any atom is 0.267 e. The monoisotopic (exact) mass is 426 g/mol. The Kier molecular flexibility index (Phi) is 6.76. The Balaban J connectivity index is 1.73. The molecule has 0 bridgehead atoms. The Morgan fingerprint density at radius 1 is 1.07 bits per heavy atom. The Labute approximate surface area is 181 Å². The van der Waals surface area contributed by atoms with E-state index in [0.717, 1.165) is 39.7 Å². The number of aryl methyl sites for hydroxylation is 3. The van der Waals surface area contributed by atoms with Gasteiger partial charge in [0.1, 0.15) is 4.83 Å². The zero-order valence-corrected chi connectivity index (χ0v) is 19.1. The average molecular weight is 427 g/mol. The molecule has 1 aliphatic rings. The lowest BCUT2D eigenvalue weighted by molar-refractivity contribution is 0.658. The number of fused-ring (bicyclic) bond motifs is 3. The van der Waals surface area contributed by atoms with Crippen LogP contribution in [-0.4, -0.2) is 15.3 Å². The number of hydrogen-bond acceptors (Lipinski definition) is 4. The molecule has 5 heteroatoms. The Hall–Kier alpha value is -1.59. The number of rotatable bonds is 8. The molecule has 0 fully saturated rings. The number of benzene rings is 1. The fourth-order valence-corrected chi connectivity index (χ4v) is 6.39. The van der Waals surface area contributed by atoms with Crippen LogP contribution in [-0.2, 0) is 12.8 Å². The molecule has 3 nitrogen and oxygen atoms in total. The molecule has 0 N–H and O–H groups in total. The summed E-state index contributed by atoms with van der Waals surface area (Å²) in [6, 6.07) is 8.26. The summed E-state index contributed by atoms with van der Waals surface area (Å²) in [7, 11) is 0. The van der Waals surface area contributed by atoms with Gasteiger partial charge in [-0.15, -0.1) is 11.3 Å². The zero-order chi connectivity index (χ0) is 20.2. The van der Waals surface area contributed by atoms with E-state index in [1.807, 2.05) is 16.7 Å². The summed E-state index contributed by atoms with van der Waals surface area (Å²) in [5.41, 5.74) is 3.52. The molecule has 0 spiro atoms. The molecule has 0 aliphatic heterocycles. The normalized spacial score (nSPS) is 13.7. The van der Waals surface area contributed by atoms with Crippen LogP contribution in [0.3, 0.4) is 0 Å². The molecule has 3 aromatic rings. The second-order valence-electron chi connectivity index (χ2n) is 8.02. The third-order valence-corrected chi connectivity index (χ3v) is 7.94. The molecule has 0 amide bonds. The van der Waals surface area contributed by atoms with Crippen LogP contribution < -0.4 is 5.56 Å². The van der Waals surface area contributed by atoms with E-state index in [-0.39, 0.29) is 5.56 Å². The molecule has 1 aliphatic carbocycles. The van der Waals surface area contributed by atoms with Gasteiger partial charge < -0.3 is 0 Å².